The number of carboxylic acids is 1. The molecule has 0 bridgehead atoms. The van der Waals surface area contributed by atoms with Gasteiger partial charge in [-0.2, -0.15) is 0 Å². The highest BCUT2D eigenvalue weighted by Crippen LogP contribution is 2.17. The second-order valence-electron chi connectivity index (χ2n) is 2.95. The molecule has 12 heavy (non-hydrogen) atoms. The van der Waals surface area contributed by atoms with E-state index < -0.39 is 11.9 Å². The molecule has 1 amide bonds. The van der Waals surface area contributed by atoms with Crippen LogP contribution in [0.4, 0.5) is 0 Å². The summed E-state index contributed by atoms with van der Waals surface area (Å²) >= 11 is 0. The number of nitrogens with zero attached hydrogens (tertiary/aromatic N) is 1. The fraction of sp³-hybridized carbons (Fsp3) is 0.750. The minimum atomic E-state index is -0.988. The number of carbonyl (C=O) groups excluding carboxylic acids is 1. The molecule has 0 aromatic rings. The third-order valence-corrected chi connectivity index (χ3v) is 2.21. The van der Waals surface area contributed by atoms with E-state index in [0.29, 0.717) is 19.5 Å². The number of aliphatic carboxylic acids is 1. The van der Waals surface area contributed by atoms with Gasteiger partial charge in [-0.1, -0.05) is 0 Å². The summed E-state index contributed by atoms with van der Waals surface area (Å²) in [5.74, 6) is -2.01. The second-order valence-corrected chi connectivity index (χ2v) is 2.95. The van der Waals surface area contributed by atoms with E-state index >= 15 is 0 Å². The fourth-order valence-electron chi connectivity index (χ4n) is 1.48. The van der Waals surface area contributed by atoms with Crippen molar-refractivity contribution < 1.29 is 14.7 Å². The molecule has 4 nitrogen and oxygen atoms in total. The minimum Gasteiger partial charge on any atom is -0.481 e. The van der Waals surface area contributed by atoms with Gasteiger partial charge in [0.15, 0.2) is 0 Å². The van der Waals surface area contributed by atoms with Crippen LogP contribution in [0.25, 0.3) is 0 Å². The van der Waals surface area contributed by atoms with E-state index in [1.165, 1.54) is 0 Å². The monoisotopic (exact) mass is 171 g/mol. The molecule has 0 spiro atoms. The quantitative estimate of drug-likeness (QED) is 0.609. The van der Waals surface area contributed by atoms with E-state index in [2.05, 4.69) is 0 Å². The molecule has 1 rings (SSSR count). The molecule has 0 saturated carbocycles. The number of hydrogen-bond acceptors (Lipinski definition) is 2. The largest absolute Gasteiger partial charge is 0.481 e. The first-order valence-electron chi connectivity index (χ1n) is 4.18. The van der Waals surface area contributed by atoms with Crippen molar-refractivity contribution in [1.82, 2.24) is 4.90 Å². The van der Waals surface area contributed by atoms with Crippen molar-refractivity contribution in [3.8, 4) is 0 Å². The topological polar surface area (TPSA) is 57.6 Å². The third kappa shape index (κ3) is 1.57. The average molecular weight is 171 g/mol. The third-order valence-electron chi connectivity index (χ3n) is 2.21. The zero-order chi connectivity index (χ0) is 9.14. The first-order chi connectivity index (χ1) is 5.66. The number of likely N-dealkylation sites (tertiary alicyclic amines) is 1. The van der Waals surface area contributed by atoms with Gasteiger partial charge in [0.05, 0.1) is 0 Å². The molecule has 1 fully saturated rings. The fourth-order valence-corrected chi connectivity index (χ4v) is 1.48. The molecule has 68 valence electrons. The molecule has 0 aromatic carbocycles. The minimum absolute atomic E-state index is 0.226. The Morgan fingerprint density at radius 1 is 1.75 bits per heavy atom. The second kappa shape index (κ2) is 3.56. The highest BCUT2D eigenvalue weighted by Gasteiger charge is 2.32. The van der Waals surface area contributed by atoms with Crippen LogP contribution in [0.15, 0.2) is 0 Å². The number of hydrogen-bond donors (Lipinski definition) is 1. The average Bonchev–Trinajstić information content (AvgIpc) is 2.04. The van der Waals surface area contributed by atoms with Crippen LogP contribution in [0.2, 0.25) is 0 Å². The van der Waals surface area contributed by atoms with Gasteiger partial charge in [-0.3, -0.25) is 9.59 Å². The van der Waals surface area contributed by atoms with Crippen molar-refractivity contribution >= 4 is 11.9 Å². The standard InChI is InChI=1S/C8H13NO3/c1-2-9-5-3-4-6(7(9)10)8(11)12/h6H,2-5H2,1H3,(H,11,12)/t6-/m0/s1. The summed E-state index contributed by atoms with van der Waals surface area (Å²) in [5, 5.41) is 8.67. The highest BCUT2D eigenvalue weighted by molar-refractivity contribution is 5.97. The van der Waals surface area contributed by atoms with E-state index in [1.807, 2.05) is 6.92 Å². The number of carbonyl (C=O) groups is 2. The van der Waals surface area contributed by atoms with Crippen molar-refractivity contribution in [2.24, 2.45) is 5.92 Å². The van der Waals surface area contributed by atoms with Crippen LogP contribution < -0.4 is 0 Å². The Labute approximate surface area is 71.2 Å². The predicted octanol–water partition coefficient (Wildman–Crippen LogP) is 0.330. The zero-order valence-electron chi connectivity index (χ0n) is 7.12. The van der Waals surface area contributed by atoms with E-state index in [4.69, 9.17) is 5.11 Å². The highest BCUT2D eigenvalue weighted by atomic mass is 16.4. The van der Waals surface area contributed by atoms with Gasteiger partial charge in [-0.25, -0.2) is 0 Å². The lowest BCUT2D eigenvalue weighted by Gasteiger charge is -2.29. The zero-order valence-corrected chi connectivity index (χ0v) is 7.12. The molecule has 0 aliphatic carbocycles. The Morgan fingerprint density at radius 3 is 2.92 bits per heavy atom. The summed E-state index contributed by atoms with van der Waals surface area (Å²) in [4.78, 5) is 23.5. The van der Waals surface area contributed by atoms with Crippen LogP contribution in [0.5, 0.6) is 0 Å². The SMILES string of the molecule is CCN1CCC[C@H](C(=O)O)C1=O. The van der Waals surface area contributed by atoms with Gasteiger partial charge in [0.2, 0.25) is 5.91 Å². The Kier molecular flexibility index (Phi) is 2.68. The lowest BCUT2D eigenvalue weighted by Crippen LogP contribution is -2.43. The number of piperidine rings is 1. The molecule has 1 saturated heterocycles. The maximum absolute atomic E-state index is 11.3. The van der Waals surface area contributed by atoms with Crippen LogP contribution in [-0.2, 0) is 9.59 Å². The first kappa shape index (κ1) is 9.03. The van der Waals surface area contributed by atoms with Gasteiger partial charge in [-0.15, -0.1) is 0 Å². The summed E-state index contributed by atoms with van der Waals surface area (Å²) in [5.41, 5.74) is 0. The van der Waals surface area contributed by atoms with Gasteiger partial charge >= 0.3 is 5.97 Å². The van der Waals surface area contributed by atoms with E-state index in [9.17, 15) is 9.59 Å². The van der Waals surface area contributed by atoms with Gasteiger partial charge in [0, 0.05) is 13.1 Å². The molecular formula is C8H13NO3. The lowest BCUT2D eigenvalue weighted by molar-refractivity contribution is -0.153. The molecule has 1 aliphatic rings. The maximum atomic E-state index is 11.3. The van der Waals surface area contributed by atoms with Crippen LogP contribution in [0.1, 0.15) is 19.8 Å². The molecule has 1 aliphatic heterocycles. The van der Waals surface area contributed by atoms with E-state index in [-0.39, 0.29) is 5.91 Å². The smallest absolute Gasteiger partial charge is 0.316 e. The number of rotatable bonds is 2. The Bertz CT molecular complexity index is 202. The Morgan fingerprint density at radius 2 is 2.42 bits per heavy atom. The number of carboxylic acid groups (broad SMARTS) is 1. The number of amides is 1. The summed E-state index contributed by atoms with van der Waals surface area (Å²) < 4.78 is 0. The van der Waals surface area contributed by atoms with E-state index in [0.717, 1.165) is 6.42 Å². The summed E-state index contributed by atoms with van der Waals surface area (Å²) in [6, 6.07) is 0. The molecular weight excluding hydrogens is 158 g/mol. The van der Waals surface area contributed by atoms with Crippen molar-refractivity contribution in [1.29, 1.82) is 0 Å². The molecule has 1 heterocycles. The van der Waals surface area contributed by atoms with Gasteiger partial charge in [0.1, 0.15) is 5.92 Å². The van der Waals surface area contributed by atoms with Gasteiger partial charge in [0.25, 0.3) is 0 Å². The normalized spacial score (nSPS) is 24.2. The molecule has 4 heteroatoms. The van der Waals surface area contributed by atoms with Crippen molar-refractivity contribution in [3.63, 3.8) is 0 Å². The van der Waals surface area contributed by atoms with Gasteiger partial charge < -0.3 is 10.0 Å². The van der Waals surface area contributed by atoms with Gasteiger partial charge in [-0.05, 0) is 19.8 Å². The molecule has 0 aromatic heterocycles. The maximum Gasteiger partial charge on any atom is 0.316 e. The predicted molar refractivity (Wildman–Crippen MR) is 42.6 cm³/mol. The van der Waals surface area contributed by atoms with E-state index in [1.54, 1.807) is 4.90 Å². The summed E-state index contributed by atoms with van der Waals surface area (Å²) in [6.45, 7) is 3.18. The van der Waals surface area contributed by atoms with Crippen LogP contribution in [-0.4, -0.2) is 35.0 Å². The van der Waals surface area contributed by atoms with Crippen LogP contribution >= 0.6 is 0 Å². The molecule has 0 radical (unpaired) electrons. The lowest BCUT2D eigenvalue weighted by atomic mass is 9.97. The molecule has 1 atom stereocenters. The Balaban J connectivity index is 2.66. The first-order valence-corrected chi connectivity index (χ1v) is 4.18. The van der Waals surface area contributed by atoms with Crippen molar-refractivity contribution in [2.45, 2.75) is 19.8 Å². The Hall–Kier alpha value is -1.06. The molecule has 1 N–H and O–H groups in total. The van der Waals surface area contributed by atoms with Crippen molar-refractivity contribution in [2.75, 3.05) is 13.1 Å². The van der Waals surface area contributed by atoms with Crippen molar-refractivity contribution in [3.05, 3.63) is 0 Å². The van der Waals surface area contributed by atoms with Crippen LogP contribution in [0, 0.1) is 5.92 Å². The summed E-state index contributed by atoms with van der Waals surface area (Å²) in [7, 11) is 0. The molecule has 0 unspecified atom stereocenters. The summed E-state index contributed by atoms with van der Waals surface area (Å²) in [6.07, 6.45) is 1.29. The van der Waals surface area contributed by atoms with Crippen LogP contribution in [0.3, 0.4) is 0 Å².